The van der Waals surface area contributed by atoms with Gasteiger partial charge in [-0.1, -0.05) is 48.5 Å². The first-order chi connectivity index (χ1) is 9.93. The standard InChI is InChI=1S/C18H19NO/c1-3-7-16-14(5-1)13-15-6-2-4-8-17(15)18(16)19-9-11-20-12-10-19/h1-8,18H,9-13H2. The quantitative estimate of drug-likeness (QED) is 0.786. The lowest BCUT2D eigenvalue weighted by molar-refractivity contribution is 0.0233. The van der Waals surface area contributed by atoms with E-state index in [-0.39, 0.29) is 0 Å². The van der Waals surface area contributed by atoms with E-state index >= 15 is 0 Å². The summed E-state index contributed by atoms with van der Waals surface area (Å²) >= 11 is 0. The Bertz CT molecular complexity index is 571. The smallest absolute Gasteiger partial charge is 0.0609 e. The Morgan fingerprint density at radius 1 is 0.800 bits per heavy atom. The van der Waals surface area contributed by atoms with Crippen molar-refractivity contribution in [3.05, 3.63) is 70.8 Å². The van der Waals surface area contributed by atoms with Gasteiger partial charge in [0, 0.05) is 13.1 Å². The highest BCUT2D eigenvalue weighted by molar-refractivity contribution is 5.48. The summed E-state index contributed by atoms with van der Waals surface area (Å²) in [5.74, 6) is 0. The molecule has 102 valence electrons. The van der Waals surface area contributed by atoms with Gasteiger partial charge in [0.05, 0.1) is 19.3 Å². The van der Waals surface area contributed by atoms with Crippen molar-refractivity contribution in [2.24, 2.45) is 0 Å². The number of hydrogen-bond donors (Lipinski definition) is 0. The monoisotopic (exact) mass is 265 g/mol. The van der Waals surface area contributed by atoms with Crippen molar-refractivity contribution in [1.29, 1.82) is 0 Å². The Hall–Kier alpha value is -1.64. The average molecular weight is 265 g/mol. The molecular formula is C18H19NO. The van der Waals surface area contributed by atoms with Gasteiger partial charge in [-0.25, -0.2) is 0 Å². The first-order valence-electron chi connectivity index (χ1n) is 7.41. The number of morpholine rings is 1. The molecule has 2 nitrogen and oxygen atoms in total. The first kappa shape index (κ1) is 12.1. The number of rotatable bonds is 1. The maximum absolute atomic E-state index is 5.52. The zero-order valence-corrected chi connectivity index (χ0v) is 11.6. The van der Waals surface area contributed by atoms with Crippen molar-refractivity contribution >= 4 is 0 Å². The van der Waals surface area contributed by atoms with E-state index in [2.05, 4.69) is 53.4 Å². The maximum atomic E-state index is 5.52. The zero-order valence-electron chi connectivity index (χ0n) is 11.6. The summed E-state index contributed by atoms with van der Waals surface area (Å²) < 4.78 is 5.52. The van der Waals surface area contributed by atoms with E-state index in [0.29, 0.717) is 6.04 Å². The molecule has 0 bridgehead atoms. The molecule has 0 atom stereocenters. The van der Waals surface area contributed by atoms with Crippen LogP contribution in [0.4, 0.5) is 0 Å². The topological polar surface area (TPSA) is 12.5 Å². The lowest BCUT2D eigenvalue weighted by Crippen LogP contribution is -2.41. The third-order valence-electron chi connectivity index (χ3n) is 4.49. The summed E-state index contributed by atoms with van der Waals surface area (Å²) in [5, 5.41) is 0. The van der Waals surface area contributed by atoms with Gasteiger partial charge in [0.25, 0.3) is 0 Å². The predicted molar refractivity (Wildman–Crippen MR) is 79.9 cm³/mol. The first-order valence-corrected chi connectivity index (χ1v) is 7.41. The molecule has 20 heavy (non-hydrogen) atoms. The van der Waals surface area contributed by atoms with Crippen LogP contribution in [0.5, 0.6) is 0 Å². The van der Waals surface area contributed by atoms with Gasteiger partial charge < -0.3 is 4.74 Å². The molecule has 2 aliphatic rings. The minimum atomic E-state index is 0.403. The lowest BCUT2D eigenvalue weighted by atomic mass is 9.81. The highest BCUT2D eigenvalue weighted by Crippen LogP contribution is 2.38. The second-order valence-corrected chi connectivity index (χ2v) is 5.63. The molecule has 1 heterocycles. The molecule has 1 saturated heterocycles. The SMILES string of the molecule is c1ccc2c(c1)Cc1ccccc1C2N1CCOCC1. The maximum Gasteiger partial charge on any atom is 0.0609 e. The molecule has 1 fully saturated rings. The van der Waals surface area contributed by atoms with Crippen LogP contribution in [0.3, 0.4) is 0 Å². The molecule has 2 aromatic rings. The number of ether oxygens (including phenoxy) is 1. The van der Waals surface area contributed by atoms with Crippen LogP contribution in [0.25, 0.3) is 0 Å². The van der Waals surface area contributed by atoms with E-state index < -0.39 is 0 Å². The largest absolute Gasteiger partial charge is 0.379 e. The van der Waals surface area contributed by atoms with Crippen LogP contribution in [-0.4, -0.2) is 31.2 Å². The lowest BCUT2D eigenvalue weighted by Gasteiger charge is -2.39. The number of benzene rings is 2. The van der Waals surface area contributed by atoms with Crippen LogP contribution in [0.1, 0.15) is 28.3 Å². The molecule has 0 saturated carbocycles. The second kappa shape index (κ2) is 5.04. The van der Waals surface area contributed by atoms with Gasteiger partial charge in [-0.05, 0) is 28.7 Å². The van der Waals surface area contributed by atoms with E-state index in [4.69, 9.17) is 4.74 Å². The fourth-order valence-corrected chi connectivity index (χ4v) is 3.53. The molecule has 4 rings (SSSR count). The van der Waals surface area contributed by atoms with Gasteiger partial charge in [-0.2, -0.15) is 0 Å². The van der Waals surface area contributed by atoms with Crippen LogP contribution in [0.15, 0.2) is 48.5 Å². The predicted octanol–water partition coefficient (Wildman–Crippen LogP) is 3.01. The van der Waals surface area contributed by atoms with Crippen molar-refractivity contribution in [2.75, 3.05) is 26.3 Å². The Kier molecular flexibility index (Phi) is 3.06. The van der Waals surface area contributed by atoms with Crippen molar-refractivity contribution < 1.29 is 4.74 Å². The zero-order chi connectivity index (χ0) is 13.4. The highest BCUT2D eigenvalue weighted by Gasteiger charge is 2.30. The molecular weight excluding hydrogens is 246 g/mol. The summed E-state index contributed by atoms with van der Waals surface area (Å²) in [7, 11) is 0. The summed E-state index contributed by atoms with van der Waals surface area (Å²) in [6.07, 6.45) is 1.06. The third-order valence-corrected chi connectivity index (χ3v) is 4.49. The Morgan fingerprint density at radius 2 is 1.35 bits per heavy atom. The molecule has 0 aromatic heterocycles. The van der Waals surface area contributed by atoms with E-state index in [1.807, 2.05) is 0 Å². The number of nitrogens with zero attached hydrogens (tertiary/aromatic N) is 1. The molecule has 0 radical (unpaired) electrons. The van der Waals surface area contributed by atoms with Gasteiger partial charge in [0.15, 0.2) is 0 Å². The van der Waals surface area contributed by atoms with Gasteiger partial charge in [-0.15, -0.1) is 0 Å². The second-order valence-electron chi connectivity index (χ2n) is 5.63. The van der Waals surface area contributed by atoms with Gasteiger partial charge in [-0.3, -0.25) is 4.90 Å². The fourth-order valence-electron chi connectivity index (χ4n) is 3.53. The summed E-state index contributed by atoms with van der Waals surface area (Å²) in [4.78, 5) is 2.57. The summed E-state index contributed by atoms with van der Waals surface area (Å²) in [6, 6.07) is 18.2. The average Bonchev–Trinajstić information content (AvgIpc) is 2.53. The number of fused-ring (bicyclic) bond motifs is 2. The highest BCUT2D eigenvalue weighted by atomic mass is 16.5. The molecule has 0 unspecified atom stereocenters. The van der Waals surface area contributed by atoms with Crippen LogP contribution in [0, 0.1) is 0 Å². The molecule has 2 aromatic carbocycles. The molecule has 2 heteroatoms. The van der Waals surface area contributed by atoms with E-state index in [1.165, 1.54) is 22.3 Å². The van der Waals surface area contributed by atoms with Gasteiger partial charge in [0.2, 0.25) is 0 Å². The van der Waals surface area contributed by atoms with Crippen molar-refractivity contribution in [2.45, 2.75) is 12.5 Å². The Labute approximate surface area is 120 Å². The van der Waals surface area contributed by atoms with E-state index in [1.54, 1.807) is 0 Å². The van der Waals surface area contributed by atoms with Crippen molar-refractivity contribution in [3.63, 3.8) is 0 Å². The van der Waals surface area contributed by atoms with Crippen LogP contribution < -0.4 is 0 Å². The Morgan fingerprint density at radius 3 is 1.95 bits per heavy atom. The van der Waals surface area contributed by atoms with Crippen LogP contribution >= 0.6 is 0 Å². The minimum Gasteiger partial charge on any atom is -0.379 e. The molecule has 1 aliphatic heterocycles. The summed E-state index contributed by atoms with van der Waals surface area (Å²) in [6.45, 7) is 3.74. The van der Waals surface area contributed by atoms with Gasteiger partial charge in [0.1, 0.15) is 0 Å². The van der Waals surface area contributed by atoms with Crippen molar-refractivity contribution in [3.8, 4) is 0 Å². The Balaban J connectivity index is 1.83. The molecule has 0 amide bonds. The van der Waals surface area contributed by atoms with Crippen molar-refractivity contribution in [1.82, 2.24) is 4.90 Å². The van der Waals surface area contributed by atoms with Gasteiger partial charge >= 0.3 is 0 Å². The molecule has 1 aliphatic carbocycles. The third kappa shape index (κ3) is 1.96. The summed E-state index contributed by atoms with van der Waals surface area (Å²) in [5.41, 5.74) is 5.91. The van der Waals surface area contributed by atoms with Crippen LogP contribution in [0.2, 0.25) is 0 Å². The number of hydrogen-bond acceptors (Lipinski definition) is 2. The fraction of sp³-hybridized carbons (Fsp3) is 0.333. The van der Waals surface area contributed by atoms with E-state index in [0.717, 1.165) is 32.7 Å². The van der Waals surface area contributed by atoms with Crippen LogP contribution in [-0.2, 0) is 11.2 Å². The minimum absolute atomic E-state index is 0.403. The normalized spacial score (nSPS) is 19.4. The van der Waals surface area contributed by atoms with E-state index in [9.17, 15) is 0 Å². The molecule has 0 N–H and O–H groups in total. The molecule has 0 spiro atoms.